The van der Waals surface area contributed by atoms with Crippen LogP contribution in [0.3, 0.4) is 0 Å². The number of carbonyl (C=O) groups is 1. The molecular formula is C14H28O3Si. The van der Waals surface area contributed by atoms with Crippen molar-refractivity contribution in [1.82, 2.24) is 0 Å². The van der Waals surface area contributed by atoms with E-state index in [-0.39, 0.29) is 11.1 Å². The lowest BCUT2D eigenvalue weighted by Crippen LogP contribution is -2.43. The highest BCUT2D eigenvalue weighted by Gasteiger charge is 2.38. The lowest BCUT2D eigenvalue weighted by atomic mass is 10.1. The van der Waals surface area contributed by atoms with E-state index in [1.807, 2.05) is 0 Å². The van der Waals surface area contributed by atoms with Crippen molar-refractivity contribution in [2.45, 2.75) is 71.2 Å². The smallest absolute Gasteiger partial charge is 0.328 e. The molecule has 0 saturated heterocycles. The molecule has 0 saturated carbocycles. The summed E-state index contributed by atoms with van der Waals surface area (Å²) in [6.45, 7) is 13.1. The van der Waals surface area contributed by atoms with Gasteiger partial charge in [-0.25, -0.2) is 4.79 Å². The molecule has 0 rings (SSSR count). The lowest BCUT2D eigenvalue weighted by molar-refractivity contribution is -0.131. The van der Waals surface area contributed by atoms with Crippen molar-refractivity contribution in [3.8, 4) is 0 Å². The van der Waals surface area contributed by atoms with Gasteiger partial charge < -0.3 is 9.53 Å². The van der Waals surface area contributed by atoms with Crippen LogP contribution in [-0.2, 0) is 9.22 Å². The molecule has 0 heterocycles. The maximum atomic E-state index is 10.6. The Bertz CT molecular complexity index is 290. The molecule has 1 N–H and O–H groups in total. The van der Waals surface area contributed by atoms with Gasteiger partial charge in [-0.05, 0) is 30.6 Å². The average Bonchev–Trinajstić information content (AvgIpc) is 2.20. The molecule has 0 radical (unpaired) electrons. The Morgan fingerprint density at radius 2 is 1.94 bits per heavy atom. The van der Waals surface area contributed by atoms with Crippen LogP contribution in [0.25, 0.3) is 0 Å². The quantitative estimate of drug-likeness (QED) is 0.558. The lowest BCUT2D eigenvalue weighted by Gasteiger charge is -2.38. The van der Waals surface area contributed by atoms with E-state index in [4.69, 9.17) is 9.53 Å². The molecule has 0 aliphatic carbocycles. The number of rotatable bonds is 7. The standard InChI is InChI=1S/C14H28O3Si/c1-7-8-9-12(10-11-13(15)16)17-18(5,6)14(2,3)4/h10-12H,7-9H2,1-6H3,(H,15,16)/b11-10+/t12-/m0/s1. The number of unbranched alkanes of at least 4 members (excludes halogenated alkanes) is 1. The Morgan fingerprint density at radius 1 is 1.39 bits per heavy atom. The van der Waals surface area contributed by atoms with E-state index < -0.39 is 14.3 Å². The van der Waals surface area contributed by atoms with E-state index in [1.165, 1.54) is 6.08 Å². The van der Waals surface area contributed by atoms with Gasteiger partial charge in [0.05, 0.1) is 6.10 Å². The Balaban J connectivity index is 4.72. The molecule has 0 unspecified atom stereocenters. The van der Waals surface area contributed by atoms with Crippen LogP contribution in [0.2, 0.25) is 18.1 Å². The van der Waals surface area contributed by atoms with Gasteiger partial charge >= 0.3 is 5.97 Å². The first-order valence-electron chi connectivity index (χ1n) is 6.69. The van der Waals surface area contributed by atoms with Crippen molar-refractivity contribution in [3.63, 3.8) is 0 Å². The minimum Gasteiger partial charge on any atom is -0.478 e. The largest absolute Gasteiger partial charge is 0.478 e. The summed E-state index contributed by atoms with van der Waals surface area (Å²) in [7, 11) is -1.83. The molecule has 0 aliphatic heterocycles. The number of hydrogen-bond donors (Lipinski definition) is 1. The van der Waals surface area contributed by atoms with Gasteiger partial charge in [0, 0.05) is 6.08 Å². The fraction of sp³-hybridized carbons (Fsp3) is 0.786. The third-order valence-electron chi connectivity index (χ3n) is 3.55. The van der Waals surface area contributed by atoms with Crippen LogP contribution in [0.4, 0.5) is 0 Å². The van der Waals surface area contributed by atoms with Gasteiger partial charge in [0.2, 0.25) is 0 Å². The molecule has 18 heavy (non-hydrogen) atoms. The van der Waals surface area contributed by atoms with Crippen molar-refractivity contribution >= 4 is 14.3 Å². The van der Waals surface area contributed by atoms with Crippen molar-refractivity contribution in [2.75, 3.05) is 0 Å². The van der Waals surface area contributed by atoms with Crippen molar-refractivity contribution < 1.29 is 14.3 Å². The van der Waals surface area contributed by atoms with E-state index in [9.17, 15) is 4.79 Å². The SMILES string of the molecule is CCCC[C@@H](/C=C/C(=O)O)O[Si](C)(C)C(C)(C)C. The summed E-state index contributed by atoms with van der Waals surface area (Å²) >= 11 is 0. The van der Waals surface area contributed by atoms with E-state index >= 15 is 0 Å². The molecule has 0 aromatic carbocycles. The molecule has 0 aromatic heterocycles. The molecule has 0 aromatic rings. The van der Waals surface area contributed by atoms with E-state index in [0.29, 0.717) is 0 Å². The van der Waals surface area contributed by atoms with Crippen LogP contribution in [0, 0.1) is 0 Å². The fourth-order valence-corrected chi connectivity index (χ4v) is 2.65. The minimum absolute atomic E-state index is 0.0676. The van der Waals surface area contributed by atoms with Gasteiger partial charge in [-0.15, -0.1) is 0 Å². The van der Waals surface area contributed by atoms with Crippen LogP contribution >= 0.6 is 0 Å². The molecule has 3 nitrogen and oxygen atoms in total. The zero-order valence-electron chi connectivity index (χ0n) is 12.6. The Hall–Kier alpha value is -0.613. The zero-order valence-corrected chi connectivity index (χ0v) is 13.6. The van der Waals surface area contributed by atoms with Crippen molar-refractivity contribution in [1.29, 1.82) is 0 Å². The Labute approximate surface area is 112 Å². The summed E-state index contributed by atoms with van der Waals surface area (Å²) in [6.07, 6.45) is 5.88. The second kappa shape index (κ2) is 7.09. The maximum absolute atomic E-state index is 10.6. The Kier molecular flexibility index (Phi) is 6.85. The molecule has 0 spiro atoms. The Morgan fingerprint density at radius 3 is 2.33 bits per heavy atom. The summed E-state index contributed by atoms with van der Waals surface area (Å²) in [5, 5.41) is 8.86. The molecule has 0 amide bonds. The van der Waals surface area contributed by atoms with Crippen LogP contribution < -0.4 is 0 Å². The third-order valence-corrected chi connectivity index (χ3v) is 8.05. The summed E-state index contributed by atoms with van der Waals surface area (Å²) in [6, 6.07) is 0. The third kappa shape index (κ3) is 6.35. The van der Waals surface area contributed by atoms with Crippen molar-refractivity contribution in [3.05, 3.63) is 12.2 Å². The summed E-state index contributed by atoms with van der Waals surface area (Å²) < 4.78 is 6.24. The first-order chi connectivity index (χ1) is 8.10. The molecule has 4 heteroatoms. The predicted octanol–water partition coefficient (Wildman–Crippen LogP) is 4.21. The number of hydrogen-bond acceptors (Lipinski definition) is 2. The van der Waals surface area contributed by atoms with Crippen molar-refractivity contribution in [2.24, 2.45) is 0 Å². The summed E-state index contributed by atoms with van der Waals surface area (Å²) in [4.78, 5) is 10.6. The number of carboxylic acid groups (broad SMARTS) is 1. The van der Waals surface area contributed by atoms with Gasteiger partial charge in [0.25, 0.3) is 0 Å². The zero-order chi connectivity index (χ0) is 14.4. The van der Waals surface area contributed by atoms with Gasteiger partial charge in [-0.1, -0.05) is 40.5 Å². The van der Waals surface area contributed by atoms with Gasteiger partial charge in [-0.2, -0.15) is 0 Å². The first kappa shape index (κ1) is 17.4. The highest BCUT2D eigenvalue weighted by molar-refractivity contribution is 6.74. The van der Waals surface area contributed by atoms with E-state index in [2.05, 4.69) is 40.8 Å². The van der Waals surface area contributed by atoms with Gasteiger partial charge in [-0.3, -0.25) is 0 Å². The molecule has 106 valence electrons. The summed E-state index contributed by atoms with van der Waals surface area (Å²) in [5.41, 5.74) is 0. The topological polar surface area (TPSA) is 46.5 Å². The average molecular weight is 272 g/mol. The minimum atomic E-state index is -1.83. The van der Waals surface area contributed by atoms with Crippen LogP contribution in [0.1, 0.15) is 47.0 Å². The number of aliphatic carboxylic acids is 1. The number of carboxylic acids is 1. The van der Waals surface area contributed by atoms with Crippen LogP contribution in [0.5, 0.6) is 0 Å². The molecular weight excluding hydrogens is 244 g/mol. The predicted molar refractivity (Wildman–Crippen MR) is 78.4 cm³/mol. The second-order valence-corrected chi connectivity index (χ2v) is 11.0. The monoisotopic (exact) mass is 272 g/mol. The normalized spacial score (nSPS) is 15.0. The second-order valence-electron chi connectivity index (χ2n) is 6.26. The van der Waals surface area contributed by atoms with E-state index in [0.717, 1.165) is 19.3 Å². The highest BCUT2D eigenvalue weighted by Crippen LogP contribution is 2.37. The first-order valence-corrected chi connectivity index (χ1v) is 9.60. The maximum Gasteiger partial charge on any atom is 0.328 e. The molecule has 0 aliphatic rings. The molecule has 1 atom stereocenters. The fourth-order valence-electron chi connectivity index (χ4n) is 1.34. The summed E-state index contributed by atoms with van der Waals surface area (Å²) in [5.74, 6) is -0.907. The molecule has 0 fully saturated rings. The van der Waals surface area contributed by atoms with E-state index in [1.54, 1.807) is 6.08 Å². The molecule has 0 bridgehead atoms. The van der Waals surface area contributed by atoms with Gasteiger partial charge in [0.15, 0.2) is 8.32 Å². The van der Waals surface area contributed by atoms with Gasteiger partial charge in [0.1, 0.15) is 0 Å². The van der Waals surface area contributed by atoms with Crippen LogP contribution in [-0.4, -0.2) is 25.5 Å². The van der Waals surface area contributed by atoms with Crippen LogP contribution in [0.15, 0.2) is 12.2 Å². The highest BCUT2D eigenvalue weighted by atomic mass is 28.4.